The predicted molar refractivity (Wildman–Crippen MR) is 125 cm³/mol. The Morgan fingerprint density at radius 1 is 1.12 bits per heavy atom. The summed E-state index contributed by atoms with van der Waals surface area (Å²) in [4.78, 5) is 29.6. The molecular weight excluding hydrogens is 404 g/mol. The van der Waals surface area contributed by atoms with Gasteiger partial charge in [-0.25, -0.2) is 0 Å². The van der Waals surface area contributed by atoms with E-state index in [0.29, 0.717) is 24.5 Å². The summed E-state index contributed by atoms with van der Waals surface area (Å²) < 4.78 is 5.49. The van der Waals surface area contributed by atoms with Gasteiger partial charge in [-0.1, -0.05) is 42.5 Å². The van der Waals surface area contributed by atoms with Gasteiger partial charge in [-0.15, -0.1) is 0 Å². The lowest BCUT2D eigenvalue weighted by Gasteiger charge is -2.26. The van der Waals surface area contributed by atoms with Crippen LogP contribution in [0.2, 0.25) is 0 Å². The van der Waals surface area contributed by atoms with Crippen molar-refractivity contribution in [2.75, 3.05) is 33.8 Å². The monoisotopic (exact) mass is 434 g/mol. The molecule has 0 spiro atoms. The topological polar surface area (TPSA) is 70.1 Å². The summed E-state index contributed by atoms with van der Waals surface area (Å²) in [5, 5.41) is 11.1. The molecule has 1 saturated heterocycles. The lowest BCUT2D eigenvalue weighted by molar-refractivity contribution is -0.139. The maximum absolute atomic E-state index is 13.0. The van der Waals surface area contributed by atoms with Gasteiger partial charge in [0.2, 0.25) is 0 Å². The molecule has 6 heteroatoms. The van der Waals surface area contributed by atoms with E-state index >= 15 is 0 Å². The highest BCUT2D eigenvalue weighted by Gasteiger charge is 2.45. The van der Waals surface area contributed by atoms with Crippen LogP contribution >= 0.6 is 0 Å². The lowest BCUT2D eigenvalue weighted by Crippen LogP contribution is -2.32. The van der Waals surface area contributed by atoms with Crippen molar-refractivity contribution in [3.8, 4) is 5.75 Å². The third-order valence-corrected chi connectivity index (χ3v) is 5.43. The molecule has 0 bridgehead atoms. The number of aliphatic hydroxyl groups excluding tert-OH is 1. The van der Waals surface area contributed by atoms with Gasteiger partial charge in [0, 0.05) is 12.1 Å². The average molecular weight is 435 g/mol. The van der Waals surface area contributed by atoms with Crippen molar-refractivity contribution in [2.24, 2.45) is 0 Å². The van der Waals surface area contributed by atoms with E-state index in [9.17, 15) is 14.7 Å². The molecule has 1 aliphatic heterocycles. The molecule has 2 aromatic rings. The van der Waals surface area contributed by atoms with Gasteiger partial charge in [0.25, 0.3) is 11.7 Å². The first kappa shape index (κ1) is 23.3. The lowest BCUT2D eigenvalue weighted by atomic mass is 9.94. The van der Waals surface area contributed by atoms with Crippen molar-refractivity contribution >= 4 is 17.4 Å². The number of carbonyl (C=O) groups excluding carboxylic acids is 2. The van der Waals surface area contributed by atoms with Crippen molar-refractivity contribution in [3.05, 3.63) is 83.4 Å². The summed E-state index contributed by atoms with van der Waals surface area (Å²) in [6.07, 6.45) is 2.37. The smallest absolute Gasteiger partial charge is 0.295 e. The van der Waals surface area contributed by atoms with Gasteiger partial charge in [0.1, 0.15) is 18.1 Å². The molecule has 2 aromatic carbocycles. The number of ketones is 1. The number of amides is 1. The summed E-state index contributed by atoms with van der Waals surface area (Å²) in [5.74, 6) is -0.799. The zero-order valence-corrected chi connectivity index (χ0v) is 18.9. The van der Waals surface area contributed by atoms with Crippen LogP contribution in [-0.2, 0) is 9.59 Å². The van der Waals surface area contributed by atoms with E-state index in [0.717, 1.165) is 24.1 Å². The second-order valence-corrected chi connectivity index (χ2v) is 8.18. The molecule has 0 radical (unpaired) electrons. The third kappa shape index (κ3) is 5.08. The van der Waals surface area contributed by atoms with Gasteiger partial charge in [0.05, 0.1) is 11.6 Å². The van der Waals surface area contributed by atoms with Crippen molar-refractivity contribution in [1.82, 2.24) is 9.80 Å². The molecule has 3 rings (SSSR count). The van der Waals surface area contributed by atoms with Gasteiger partial charge >= 0.3 is 0 Å². The summed E-state index contributed by atoms with van der Waals surface area (Å²) in [7, 11) is 3.93. The zero-order valence-electron chi connectivity index (χ0n) is 18.9. The van der Waals surface area contributed by atoms with Gasteiger partial charge < -0.3 is 19.6 Å². The number of ether oxygens (including phenoxy) is 1. The van der Waals surface area contributed by atoms with Crippen molar-refractivity contribution in [2.45, 2.75) is 19.4 Å². The fourth-order valence-corrected chi connectivity index (χ4v) is 3.78. The Balaban J connectivity index is 2.02. The number of rotatable bonds is 9. The highest BCUT2D eigenvalue weighted by Crippen LogP contribution is 2.39. The molecule has 1 aliphatic rings. The highest BCUT2D eigenvalue weighted by molar-refractivity contribution is 6.46. The normalized spacial score (nSPS) is 17.8. The molecule has 0 aliphatic carbocycles. The van der Waals surface area contributed by atoms with Gasteiger partial charge in [-0.05, 0) is 63.8 Å². The summed E-state index contributed by atoms with van der Waals surface area (Å²) in [6, 6.07) is 13.9. The standard InChI is InChI=1S/C26H30N2O4/c1-5-17-32-21-13-11-20(12-14-21)24(29)22-23(19-9-7-18(2)8-10-19)28(26(31)25(22)30)16-6-15-27(3)4/h5,7-14,23,29H,1,6,15-17H2,2-4H3/t23-/m1/s1. The van der Waals surface area contributed by atoms with Crippen LogP contribution in [0.5, 0.6) is 5.75 Å². The molecule has 1 heterocycles. The first-order chi connectivity index (χ1) is 15.3. The summed E-state index contributed by atoms with van der Waals surface area (Å²) in [5.41, 5.74) is 2.45. The van der Waals surface area contributed by atoms with E-state index in [-0.39, 0.29) is 11.3 Å². The molecule has 0 saturated carbocycles. The average Bonchev–Trinajstić information content (AvgIpc) is 3.03. The Hall–Kier alpha value is -3.38. The molecule has 1 N–H and O–H groups in total. The fraction of sp³-hybridized carbons (Fsp3) is 0.308. The summed E-state index contributed by atoms with van der Waals surface area (Å²) >= 11 is 0. The Bertz CT molecular complexity index is 1010. The molecule has 1 atom stereocenters. The number of likely N-dealkylation sites (tertiary alicyclic amines) is 1. The Morgan fingerprint density at radius 3 is 2.38 bits per heavy atom. The maximum atomic E-state index is 13.0. The SMILES string of the molecule is C=CCOc1ccc(C(O)=C2C(=O)C(=O)N(CCCN(C)C)[C@@H]2c2ccc(C)cc2)cc1. The number of carbonyl (C=O) groups is 2. The van der Waals surface area contributed by atoms with Crippen molar-refractivity contribution < 1.29 is 19.4 Å². The Labute approximate surface area is 189 Å². The second kappa shape index (κ2) is 10.3. The molecular formula is C26H30N2O4. The second-order valence-electron chi connectivity index (χ2n) is 8.18. The van der Waals surface area contributed by atoms with E-state index in [2.05, 4.69) is 6.58 Å². The number of hydrogen-bond donors (Lipinski definition) is 1. The first-order valence-electron chi connectivity index (χ1n) is 10.7. The third-order valence-electron chi connectivity index (χ3n) is 5.43. The molecule has 6 nitrogen and oxygen atoms in total. The van der Waals surface area contributed by atoms with Crippen molar-refractivity contribution in [1.29, 1.82) is 0 Å². The van der Waals surface area contributed by atoms with E-state index in [1.165, 1.54) is 0 Å². The van der Waals surface area contributed by atoms with Crippen LogP contribution in [0, 0.1) is 6.92 Å². The van der Waals surface area contributed by atoms with Crippen LogP contribution < -0.4 is 4.74 Å². The Kier molecular flexibility index (Phi) is 7.49. The number of aryl methyl sites for hydroxylation is 1. The van der Waals surface area contributed by atoms with E-state index < -0.39 is 17.7 Å². The molecule has 0 unspecified atom stereocenters. The van der Waals surface area contributed by atoms with E-state index in [1.54, 1.807) is 35.2 Å². The van der Waals surface area contributed by atoms with Gasteiger partial charge in [-0.2, -0.15) is 0 Å². The fourth-order valence-electron chi connectivity index (χ4n) is 3.78. The van der Waals surface area contributed by atoms with Crippen LogP contribution in [0.3, 0.4) is 0 Å². The highest BCUT2D eigenvalue weighted by atomic mass is 16.5. The number of aliphatic hydroxyl groups is 1. The number of Topliss-reactive ketones (excluding diaryl/α,β-unsaturated/α-hetero) is 1. The molecule has 1 amide bonds. The van der Waals surface area contributed by atoms with Crippen LogP contribution in [0.25, 0.3) is 5.76 Å². The number of hydrogen-bond acceptors (Lipinski definition) is 5. The zero-order chi connectivity index (χ0) is 23.3. The molecule has 1 fully saturated rings. The minimum Gasteiger partial charge on any atom is -0.507 e. The summed E-state index contributed by atoms with van der Waals surface area (Å²) in [6.45, 7) is 7.18. The van der Waals surface area contributed by atoms with Gasteiger partial charge in [-0.3, -0.25) is 9.59 Å². The number of benzene rings is 2. The molecule has 168 valence electrons. The molecule has 0 aromatic heterocycles. The first-order valence-corrected chi connectivity index (χ1v) is 10.7. The van der Waals surface area contributed by atoms with Gasteiger partial charge in [0.15, 0.2) is 0 Å². The quantitative estimate of drug-likeness (QED) is 0.280. The molecule has 32 heavy (non-hydrogen) atoms. The van der Waals surface area contributed by atoms with Crippen molar-refractivity contribution in [3.63, 3.8) is 0 Å². The Morgan fingerprint density at radius 2 is 1.78 bits per heavy atom. The van der Waals surface area contributed by atoms with E-state index in [1.807, 2.05) is 50.2 Å². The van der Waals surface area contributed by atoms with Crippen LogP contribution in [-0.4, -0.2) is 60.4 Å². The minimum absolute atomic E-state index is 0.114. The largest absolute Gasteiger partial charge is 0.507 e. The van der Waals surface area contributed by atoms with E-state index in [4.69, 9.17) is 4.74 Å². The van der Waals surface area contributed by atoms with Crippen LogP contribution in [0.4, 0.5) is 0 Å². The predicted octanol–water partition coefficient (Wildman–Crippen LogP) is 3.93. The number of nitrogens with zero attached hydrogens (tertiary/aromatic N) is 2. The van der Waals surface area contributed by atoms with Crippen LogP contribution in [0.15, 0.2) is 66.8 Å². The van der Waals surface area contributed by atoms with Crippen LogP contribution in [0.1, 0.15) is 29.2 Å². The minimum atomic E-state index is -0.662. The maximum Gasteiger partial charge on any atom is 0.295 e.